The van der Waals surface area contributed by atoms with E-state index in [1.165, 1.54) is 6.07 Å². The molecule has 0 saturated heterocycles. The molecule has 1 aromatic heterocycles. The summed E-state index contributed by atoms with van der Waals surface area (Å²) in [6, 6.07) is 26.8. The van der Waals surface area contributed by atoms with Crippen molar-refractivity contribution in [3.8, 4) is 22.5 Å². The van der Waals surface area contributed by atoms with Crippen molar-refractivity contribution in [1.82, 2.24) is 0 Å². The summed E-state index contributed by atoms with van der Waals surface area (Å²) in [6.07, 6.45) is 0. The summed E-state index contributed by atoms with van der Waals surface area (Å²) in [5.74, 6) is -0.347. The molecule has 132 valence electrons. The van der Waals surface area contributed by atoms with Crippen LogP contribution in [0.2, 0.25) is 0 Å². The van der Waals surface area contributed by atoms with E-state index in [-0.39, 0.29) is 11.7 Å². The van der Waals surface area contributed by atoms with E-state index in [2.05, 4.69) is 5.32 Å². The molecule has 3 nitrogen and oxygen atoms in total. The first-order valence-corrected chi connectivity index (χ1v) is 8.53. The standard InChI is InChI=1S/C23H16FNO2/c24-19-12-6-4-11-18(19)21-14-15-22(27-21)23(26)25-20-13-7-5-10-17(20)16-8-2-1-3-9-16/h1-15H,(H,25,26). The number of anilines is 1. The predicted molar refractivity (Wildman–Crippen MR) is 104 cm³/mol. The van der Waals surface area contributed by atoms with Gasteiger partial charge in [-0.1, -0.05) is 60.7 Å². The summed E-state index contributed by atoms with van der Waals surface area (Å²) in [4.78, 5) is 12.6. The Labute approximate surface area is 156 Å². The van der Waals surface area contributed by atoms with Crippen LogP contribution in [-0.2, 0) is 0 Å². The minimum absolute atomic E-state index is 0.121. The summed E-state index contributed by atoms with van der Waals surface area (Å²) in [7, 11) is 0. The fourth-order valence-corrected chi connectivity index (χ4v) is 2.91. The van der Waals surface area contributed by atoms with E-state index in [4.69, 9.17) is 4.42 Å². The molecule has 0 fully saturated rings. The quantitative estimate of drug-likeness (QED) is 0.486. The van der Waals surface area contributed by atoms with Gasteiger partial charge in [-0.05, 0) is 35.9 Å². The summed E-state index contributed by atoms with van der Waals surface area (Å²) in [5.41, 5.74) is 2.91. The smallest absolute Gasteiger partial charge is 0.291 e. The number of amides is 1. The molecule has 4 rings (SSSR count). The van der Waals surface area contributed by atoms with Crippen molar-refractivity contribution in [2.45, 2.75) is 0 Å². The van der Waals surface area contributed by atoms with Gasteiger partial charge in [0.25, 0.3) is 5.91 Å². The van der Waals surface area contributed by atoms with Gasteiger partial charge in [0.1, 0.15) is 11.6 Å². The van der Waals surface area contributed by atoms with Crippen LogP contribution in [0.3, 0.4) is 0 Å². The third-order valence-corrected chi connectivity index (χ3v) is 4.23. The van der Waals surface area contributed by atoms with Crippen LogP contribution < -0.4 is 5.32 Å². The molecule has 1 amide bonds. The lowest BCUT2D eigenvalue weighted by Gasteiger charge is -2.10. The number of hydrogen-bond donors (Lipinski definition) is 1. The van der Waals surface area contributed by atoms with Crippen LogP contribution >= 0.6 is 0 Å². The number of furan rings is 1. The Balaban J connectivity index is 1.60. The second-order valence-corrected chi connectivity index (χ2v) is 6.01. The molecule has 0 aliphatic rings. The monoisotopic (exact) mass is 357 g/mol. The first-order chi connectivity index (χ1) is 13.2. The minimum atomic E-state index is -0.395. The van der Waals surface area contributed by atoms with Crippen LogP contribution in [0.15, 0.2) is 95.4 Å². The van der Waals surface area contributed by atoms with Gasteiger partial charge in [-0.2, -0.15) is 0 Å². The van der Waals surface area contributed by atoms with Gasteiger partial charge in [0.2, 0.25) is 0 Å². The topological polar surface area (TPSA) is 42.2 Å². The zero-order chi connectivity index (χ0) is 18.6. The Kier molecular flexibility index (Phi) is 4.54. The zero-order valence-corrected chi connectivity index (χ0v) is 14.4. The van der Waals surface area contributed by atoms with Gasteiger partial charge in [0.15, 0.2) is 5.76 Å². The van der Waals surface area contributed by atoms with Crippen LogP contribution in [-0.4, -0.2) is 5.91 Å². The van der Waals surface area contributed by atoms with Crippen molar-refractivity contribution >= 4 is 11.6 Å². The first kappa shape index (κ1) is 16.8. The normalized spacial score (nSPS) is 10.6. The highest BCUT2D eigenvalue weighted by molar-refractivity contribution is 6.04. The molecule has 0 aliphatic heterocycles. The van der Waals surface area contributed by atoms with Gasteiger partial charge in [-0.3, -0.25) is 4.79 Å². The fourth-order valence-electron chi connectivity index (χ4n) is 2.91. The van der Waals surface area contributed by atoms with Crippen molar-refractivity contribution in [2.24, 2.45) is 0 Å². The number of halogens is 1. The van der Waals surface area contributed by atoms with Crippen LogP contribution in [0.1, 0.15) is 10.6 Å². The Hall–Kier alpha value is -3.66. The van der Waals surface area contributed by atoms with Gasteiger partial charge in [0.05, 0.1) is 5.56 Å². The van der Waals surface area contributed by atoms with Crippen molar-refractivity contribution in [3.63, 3.8) is 0 Å². The van der Waals surface area contributed by atoms with Crippen LogP contribution in [0.4, 0.5) is 10.1 Å². The van der Waals surface area contributed by atoms with E-state index >= 15 is 0 Å². The van der Waals surface area contributed by atoms with Crippen LogP contribution in [0.5, 0.6) is 0 Å². The highest BCUT2D eigenvalue weighted by Crippen LogP contribution is 2.29. The van der Waals surface area contributed by atoms with Crippen LogP contribution in [0.25, 0.3) is 22.5 Å². The molecule has 4 aromatic rings. The van der Waals surface area contributed by atoms with Gasteiger partial charge in [-0.25, -0.2) is 4.39 Å². The molecule has 3 aromatic carbocycles. The molecule has 0 unspecified atom stereocenters. The summed E-state index contributed by atoms with van der Waals surface area (Å²) in [5, 5.41) is 2.88. The number of carbonyl (C=O) groups excluding carboxylic acids is 1. The Morgan fingerprint density at radius 3 is 2.19 bits per heavy atom. The molecule has 0 radical (unpaired) electrons. The average molecular weight is 357 g/mol. The number of benzene rings is 3. The molecule has 0 saturated carbocycles. The van der Waals surface area contributed by atoms with Crippen molar-refractivity contribution in [2.75, 3.05) is 5.32 Å². The van der Waals surface area contributed by atoms with E-state index in [0.717, 1.165) is 11.1 Å². The summed E-state index contributed by atoms with van der Waals surface area (Å²) in [6.45, 7) is 0. The minimum Gasteiger partial charge on any atom is -0.451 e. The van der Waals surface area contributed by atoms with Crippen LogP contribution in [0, 0.1) is 5.82 Å². The third-order valence-electron chi connectivity index (χ3n) is 4.23. The number of nitrogens with one attached hydrogen (secondary N) is 1. The molecular formula is C23H16FNO2. The third kappa shape index (κ3) is 3.51. The molecule has 0 aliphatic carbocycles. The van der Waals surface area contributed by atoms with Gasteiger partial charge < -0.3 is 9.73 Å². The predicted octanol–water partition coefficient (Wildman–Crippen LogP) is 6.01. The number of para-hydroxylation sites is 1. The molecule has 1 heterocycles. The van der Waals surface area contributed by atoms with Gasteiger partial charge >= 0.3 is 0 Å². The molecule has 27 heavy (non-hydrogen) atoms. The van der Waals surface area contributed by atoms with E-state index in [9.17, 15) is 9.18 Å². The molecule has 0 spiro atoms. The molecule has 1 N–H and O–H groups in total. The van der Waals surface area contributed by atoms with E-state index in [1.54, 1.807) is 30.3 Å². The van der Waals surface area contributed by atoms with Gasteiger partial charge in [0, 0.05) is 11.3 Å². The molecule has 0 bridgehead atoms. The SMILES string of the molecule is O=C(Nc1ccccc1-c1ccccc1)c1ccc(-c2ccccc2F)o1. The van der Waals surface area contributed by atoms with Crippen molar-refractivity contribution < 1.29 is 13.6 Å². The lowest BCUT2D eigenvalue weighted by molar-refractivity contribution is 0.0997. The largest absolute Gasteiger partial charge is 0.451 e. The Morgan fingerprint density at radius 2 is 1.41 bits per heavy atom. The number of rotatable bonds is 4. The molecular weight excluding hydrogens is 341 g/mol. The maximum Gasteiger partial charge on any atom is 0.291 e. The Morgan fingerprint density at radius 1 is 0.741 bits per heavy atom. The highest BCUT2D eigenvalue weighted by atomic mass is 19.1. The second-order valence-electron chi connectivity index (χ2n) is 6.01. The maximum absolute atomic E-state index is 13.9. The lowest BCUT2D eigenvalue weighted by Crippen LogP contribution is -2.11. The molecule has 4 heteroatoms. The fraction of sp³-hybridized carbons (Fsp3) is 0. The summed E-state index contributed by atoms with van der Waals surface area (Å²) < 4.78 is 19.5. The van der Waals surface area contributed by atoms with E-state index < -0.39 is 5.82 Å². The zero-order valence-electron chi connectivity index (χ0n) is 14.4. The van der Waals surface area contributed by atoms with Crippen molar-refractivity contribution in [3.05, 3.63) is 103 Å². The highest BCUT2D eigenvalue weighted by Gasteiger charge is 2.16. The average Bonchev–Trinajstić information content (AvgIpc) is 3.19. The van der Waals surface area contributed by atoms with E-state index in [0.29, 0.717) is 17.0 Å². The Bertz CT molecular complexity index is 1090. The second kappa shape index (κ2) is 7.30. The van der Waals surface area contributed by atoms with Crippen molar-refractivity contribution in [1.29, 1.82) is 0 Å². The molecule has 0 atom stereocenters. The lowest BCUT2D eigenvalue weighted by atomic mass is 10.0. The van der Waals surface area contributed by atoms with Gasteiger partial charge in [-0.15, -0.1) is 0 Å². The maximum atomic E-state index is 13.9. The number of carbonyl (C=O) groups is 1. The summed E-state index contributed by atoms with van der Waals surface area (Å²) >= 11 is 0. The van der Waals surface area contributed by atoms with E-state index in [1.807, 2.05) is 54.6 Å². The first-order valence-electron chi connectivity index (χ1n) is 8.53. The number of hydrogen-bond acceptors (Lipinski definition) is 2.